The maximum Gasteiger partial charge on any atom is 0.434 e. The number of carbonyl (C=O) groups excluding carboxylic acids is 2. The van der Waals surface area contributed by atoms with Crippen molar-refractivity contribution in [1.82, 2.24) is 19.9 Å². The van der Waals surface area contributed by atoms with Crippen LogP contribution in [-0.4, -0.2) is 39.7 Å². The van der Waals surface area contributed by atoms with E-state index >= 15 is 0 Å². The van der Waals surface area contributed by atoms with Crippen LogP contribution in [0.25, 0.3) is 32.6 Å². The number of fused-ring (bicyclic) bond motifs is 1. The molecule has 3 heterocycles. The van der Waals surface area contributed by atoms with Crippen LogP contribution >= 0.6 is 11.3 Å². The first kappa shape index (κ1) is 28.3. The molecule has 1 saturated carbocycles. The number of amides is 2. The van der Waals surface area contributed by atoms with Gasteiger partial charge >= 0.3 is 18.2 Å². The minimum Gasteiger partial charge on any atom is -0.462 e. The van der Waals surface area contributed by atoms with Crippen LogP contribution < -0.4 is 16.1 Å². The number of carbonyl (C=O) groups is 2. The Kier molecular flexibility index (Phi) is 7.80. The van der Waals surface area contributed by atoms with E-state index in [4.69, 9.17) is 4.74 Å². The van der Waals surface area contributed by atoms with Crippen molar-refractivity contribution in [3.8, 4) is 21.7 Å². The molecule has 13 heteroatoms. The van der Waals surface area contributed by atoms with Crippen molar-refractivity contribution in [1.29, 1.82) is 0 Å². The lowest BCUT2D eigenvalue weighted by atomic mass is 9.99. The summed E-state index contributed by atoms with van der Waals surface area (Å²) in [6.45, 7) is 4.50. The van der Waals surface area contributed by atoms with Crippen molar-refractivity contribution in [3.05, 3.63) is 63.5 Å². The fourth-order valence-corrected chi connectivity index (χ4v) is 5.28. The van der Waals surface area contributed by atoms with Crippen molar-refractivity contribution in [3.63, 3.8) is 0 Å². The third kappa shape index (κ3) is 6.09. The fourth-order valence-electron chi connectivity index (χ4n) is 4.42. The molecular formula is C28H26F3N5O4S. The van der Waals surface area contributed by atoms with Crippen molar-refractivity contribution in [2.45, 2.75) is 39.4 Å². The van der Waals surface area contributed by atoms with Crippen LogP contribution in [0, 0.1) is 5.92 Å². The molecule has 0 radical (unpaired) electrons. The Morgan fingerprint density at radius 2 is 1.95 bits per heavy atom. The van der Waals surface area contributed by atoms with E-state index in [0.717, 1.165) is 29.6 Å². The lowest BCUT2D eigenvalue weighted by molar-refractivity contribution is -0.140. The summed E-state index contributed by atoms with van der Waals surface area (Å²) in [7, 11) is 0. The number of benzene rings is 1. The Hall–Kier alpha value is -4.26. The number of hydrogen-bond donors (Lipinski definition) is 2. The first-order chi connectivity index (χ1) is 19.6. The molecule has 1 aromatic carbocycles. The van der Waals surface area contributed by atoms with Gasteiger partial charge in [0.25, 0.3) is 0 Å². The third-order valence-electron chi connectivity index (χ3n) is 6.55. The van der Waals surface area contributed by atoms with Crippen LogP contribution in [0.5, 0.6) is 0 Å². The summed E-state index contributed by atoms with van der Waals surface area (Å²) in [5.74, 6) is -0.157. The fraction of sp³-hybridized carbons (Fsp3) is 0.321. The number of nitrogens with zero attached hydrogens (tertiary/aromatic N) is 3. The summed E-state index contributed by atoms with van der Waals surface area (Å²) in [6, 6.07) is 5.95. The second-order valence-electron chi connectivity index (χ2n) is 9.56. The Labute approximate surface area is 236 Å². The number of nitrogens with one attached hydrogen (secondary N) is 2. The number of aromatic nitrogens is 3. The Morgan fingerprint density at radius 1 is 1.17 bits per heavy atom. The van der Waals surface area contributed by atoms with Gasteiger partial charge in [0, 0.05) is 47.4 Å². The molecule has 9 nitrogen and oxygen atoms in total. The van der Waals surface area contributed by atoms with Crippen LogP contribution in [0.1, 0.15) is 42.7 Å². The van der Waals surface area contributed by atoms with Gasteiger partial charge < -0.3 is 14.6 Å². The van der Waals surface area contributed by atoms with Crippen LogP contribution in [0.4, 0.5) is 23.8 Å². The summed E-state index contributed by atoms with van der Waals surface area (Å²) < 4.78 is 47.1. The van der Waals surface area contributed by atoms with Gasteiger partial charge in [-0.25, -0.2) is 19.6 Å². The molecule has 5 rings (SSSR count). The number of pyridine rings is 2. The summed E-state index contributed by atoms with van der Waals surface area (Å²) in [4.78, 5) is 46.0. The minimum absolute atomic E-state index is 0.0571. The van der Waals surface area contributed by atoms with Gasteiger partial charge in [0.1, 0.15) is 16.4 Å². The predicted octanol–water partition coefficient (Wildman–Crippen LogP) is 5.93. The maximum absolute atomic E-state index is 13.4. The smallest absolute Gasteiger partial charge is 0.434 e. The molecule has 1 aliphatic rings. The van der Waals surface area contributed by atoms with E-state index in [-0.39, 0.29) is 23.0 Å². The molecule has 1 aliphatic carbocycles. The average Bonchev–Trinajstić information content (AvgIpc) is 3.59. The monoisotopic (exact) mass is 585 g/mol. The van der Waals surface area contributed by atoms with Crippen molar-refractivity contribution in [2.24, 2.45) is 5.92 Å². The Bertz CT molecular complexity index is 1690. The highest BCUT2D eigenvalue weighted by atomic mass is 32.1. The molecule has 0 unspecified atom stereocenters. The lowest BCUT2D eigenvalue weighted by Gasteiger charge is -2.15. The largest absolute Gasteiger partial charge is 0.462 e. The van der Waals surface area contributed by atoms with Crippen LogP contribution in [0.3, 0.4) is 0 Å². The zero-order chi connectivity index (χ0) is 29.3. The van der Waals surface area contributed by atoms with Gasteiger partial charge in [-0.1, -0.05) is 6.07 Å². The number of urea groups is 1. The molecule has 214 valence electrons. The van der Waals surface area contributed by atoms with E-state index in [2.05, 4.69) is 20.6 Å². The normalized spacial score (nSPS) is 13.3. The third-order valence-corrected chi connectivity index (χ3v) is 7.42. The van der Waals surface area contributed by atoms with Gasteiger partial charge in [0.05, 0.1) is 12.1 Å². The van der Waals surface area contributed by atoms with Gasteiger partial charge in [-0.05, 0) is 56.4 Å². The van der Waals surface area contributed by atoms with E-state index in [0.29, 0.717) is 46.6 Å². The van der Waals surface area contributed by atoms with E-state index < -0.39 is 29.3 Å². The predicted molar refractivity (Wildman–Crippen MR) is 149 cm³/mol. The van der Waals surface area contributed by atoms with E-state index in [1.807, 2.05) is 4.57 Å². The summed E-state index contributed by atoms with van der Waals surface area (Å²) in [5, 5.41) is 6.49. The number of halogens is 3. The molecule has 0 saturated heterocycles. The van der Waals surface area contributed by atoms with Gasteiger partial charge in [0.2, 0.25) is 5.43 Å². The highest BCUT2D eigenvalue weighted by Gasteiger charge is 2.34. The van der Waals surface area contributed by atoms with Crippen LogP contribution in [0.2, 0.25) is 0 Å². The summed E-state index contributed by atoms with van der Waals surface area (Å²) in [5.41, 5.74) is 0.369. The van der Waals surface area contributed by atoms with Crippen LogP contribution in [-0.2, 0) is 17.5 Å². The molecule has 2 amide bonds. The van der Waals surface area contributed by atoms with Gasteiger partial charge in [-0.2, -0.15) is 13.2 Å². The quantitative estimate of drug-likeness (QED) is 0.248. The van der Waals surface area contributed by atoms with Gasteiger partial charge in [-0.3, -0.25) is 10.1 Å². The highest BCUT2D eigenvalue weighted by Crippen LogP contribution is 2.39. The topological polar surface area (TPSA) is 115 Å². The minimum atomic E-state index is -4.62. The number of alkyl halides is 3. The molecule has 1 fully saturated rings. The first-order valence-electron chi connectivity index (χ1n) is 13.0. The number of rotatable bonds is 8. The summed E-state index contributed by atoms with van der Waals surface area (Å²) in [6.07, 6.45) is 0.398. The number of esters is 1. The van der Waals surface area contributed by atoms with E-state index in [1.165, 1.54) is 18.5 Å². The maximum atomic E-state index is 13.4. The molecule has 4 aromatic rings. The number of ether oxygens (including phenoxy) is 1. The van der Waals surface area contributed by atoms with Crippen LogP contribution in [0.15, 0.2) is 46.8 Å². The molecule has 2 N–H and O–H groups in total. The SMILES string of the molecule is CCNC(=O)Nc1cc(-c2nc(C(F)(F)F)cs2)c(-c2ccc3c(=O)c(C(=O)OCC)cn(CC4CC4)c3c2)cn1. The highest BCUT2D eigenvalue weighted by molar-refractivity contribution is 7.13. The zero-order valence-corrected chi connectivity index (χ0v) is 23.0. The molecule has 0 atom stereocenters. The molecular weight excluding hydrogens is 559 g/mol. The molecule has 3 aromatic heterocycles. The van der Waals surface area contributed by atoms with Crippen molar-refractivity contribution < 1.29 is 27.5 Å². The van der Waals surface area contributed by atoms with E-state index in [9.17, 15) is 27.6 Å². The Balaban J connectivity index is 1.66. The zero-order valence-electron chi connectivity index (χ0n) is 22.2. The first-order valence-corrected chi connectivity index (χ1v) is 13.9. The number of anilines is 1. The molecule has 0 bridgehead atoms. The summed E-state index contributed by atoms with van der Waals surface area (Å²) >= 11 is 0.818. The van der Waals surface area contributed by atoms with Crippen molar-refractivity contribution in [2.75, 3.05) is 18.5 Å². The second-order valence-corrected chi connectivity index (χ2v) is 10.4. The second kappa shape index (κ2) is 11.3. The average molecular weight is 586 g/mol. The molecule has 0 spiro atoms. The standard InChI is InChI=1S/C28H26F3N5O4S/c1-3-32-27(39)35-23-10-18(25-34-22(14-41-25)28(29,30)31)19(11-33-23)16-7-8-17-21(9-16)36(12-15-5-6-15)13-20(24(17)37)26(38)40-4-2/h7-11,13-15H,3-6,12H2,1-2H3,(H2,32,33,35,39). The van der Waals surface area contributed by atoms with Gasteiger partial charge in [0.15, 0.2) is 5.69 Å². The number of hydrogen-bond acceptors (Lipinski definition) is 7. The van der Waals surface area contributed by atoms with Crippen molar-refractivity contribution >= 4 is 40.1 Å². The number of thiazole rings is 1. The molecule has 41 heavy (non-hydrogen) atoms. The van der Waals surface area contributed by atoms with Gasteiger partial charge in [-0.15, -0.1) is 11.3 Å². The lowest BCUT2D eigenvalue weighted by Crippen LogP contribution is -2.28. The van der Waals surface area contributed by atoms with E-state index in [1.54, 1.807) is 32.0 Å². The Morgan fingerprint density at radius 3 is 2.61 bits per heavy atom. The molecule has 0 aliphatic heterocycles.